The van der Waals surface area contributed by atoms with Gasteiger partial charge in [-0.15, -0.1) is 0 Å². The Balaban J connectivity index is 1.33. The van der Waals surface area contributed by atoms with E-state index in [9.17, 15) is 4.79 Å². The van der Waals surface area contributed by atoms with Crippen LogP contribution >= 0.6 is 0 Å². The molecule has 1 saturated carbocycles. The van der Waals surface area contributed by atoms with Crippen LogP contribution in [0.5, 0.6) is 0 Å². The predicted octanol–water partition coefficient (Wildman–Crippen LogP) is 3.83. The van der Waals surface area contributed by atoms with Crippen LogP contribution in [-0.4, -0.2) is 45.2 Å². The van der Waals surface area contributed by atoms with Crippen molar-refractivity contribution in [2.24, 2.45) is 0 Å². The molecule has 1 amide bonds. The molecular formula is C23H24N4O3. The van der Waals surface area contributed by atoms with E-state index < -0.39 is 0 Å². The number of aromatic nitrogens is 3. The first-order valence-corrected chi connectivity index (χ1v) is 10.5. The monoisotopic (exact) mass is 404 g/mol. The molecule has 30 heavy (non-hydrogen) atoms. The van der Waals surface area contributed by atoms with Crippen LogP contribution in [0.3, 0.4) is 0 Å². The minimum atomic E-state index is -0.0329. The van der Waals surface area contributed by atoms with E-state index in [1.807, 2.05) is 47.4 Å². The van der Waals surface area contributed by atoms with Crippen molar-refractivity contribution in [2.45, 2.75) is 44.2 Å². The van der Waals surface area contributed by atoms with Crippen LogP contribution in [0.4, 0.5) is 0 Å². The van der Waals surface area contributed by atoms with Gasteiger partial charge < -0.3 is 14.2 Å². The molecule has 0 radical (unpaired) electrons. The summed E-state index contributed by atoms with van der Waals surface area (Å²) in [6.45, 7) is 1.78. The average molecular weight is 404 g/mol. The van der Waals surface area contributed by atoms with Crippen LogP contribution in [0.15, 0.2) is 53.2 Å². The minimum absolute atomic E-state index is 0.0329. The van der Waals surface area contributed by atoms with Crippen molar-refractivity contribution in [2.75, 3.05) is 13.2 Å². The van der Waals surface area contributed by atoms with E-state index in [4.69, 9.17) is 9.26 Å². The first-order valence-electron chi connectivity index (χ1n) is 10.5. The van der Waals surface area contributed by atoms with Gasteiger partial charge in [-0.25, -0.2) is 0 Å². The third-order valence-corrected chi connectivity index (χ3v) is 5.57. The summed E-state index contributed by atoms with van der Waals surface area (Å²) in [6, 6.07) is 13.2. The van der Waals surface area contributed by atoms with Gasteiger partial charge in [0.1, 0.15) is 0 Å². The topological polar surface area (TPSA) is 81.4 Å². The molecule has 5 rings (SSSR count). The smallest absolute Gasteiger partial charge is 0.254 e. The lowest BCUT2D eigenvalue weighted by Crippen LogP contribution is -2.37. The number of hydrogen-bond acceptors (Lipinski definition) is 6. The standard InChI is InChI=1S/C23H24N4O3/c28-23(27(15-20-5-3-13-29-20)14-19-4-1-2-12-24-19)18-10-6-16(7-11-18)21-25-22(30-26-21)17-8-9-17/h1-2,4,6-7,10-12,17,20H,3,5,8-9,13-15H2. The van der Waals surface area contributed by atoms with E-state index in [1.165, 1.54) is 0 Å². The van der Waals surface area contributed by atoms with Crippen molar-refractivity contribution in [1.82, 2.24) is 20.0 Å². The molecular weight excluding hydrogens is 380 g/mol. The summed E-state index contributed by atoms with van der Waals surface area (Å²) in [5.74, 6) is 1.67. The number of rotatable bonds is 7. The highest BCUT2D eigenvalue weighted by atomic mass is 16.5. The fourth-order valence-corrected chi connectivity index (χ4v) is 3.73. The third-order valence-electron chi connectivity index (χ3n) is 5.57. The molecule has 2 aromatic heterocycles. The van der Waals surface area contributed by atoms with Crippen molar-refractivity contribution >= 4 is 5.91 Å². The van der Waals surface area contributed by atoms with Gasteiger partial charge in [-0.05, 0) is 49.9 Å². The summed E-state index contributed by atoms with van der Waals surface area (Å²) < 4.78 is 11.1. The van der Waals surface area contributed by atoms with E-state index >= 15 is 0 Å². The molecule has 154 valence electrons. The number of carbonyl (C=O) groups excluding carboxylic acids is 1. The van der Waals surface area contributed by atoms with Gasteiger partial charge in [0.15, 0.2) is 0 Å². The fourth-order valence-electron chi connectivity index (χ4n) is 3.73. The van der Waals surface area contributed by atoms with Gasteiger partial charge in [0.25, 0.3) is 5.91 Å². The third kappa shape index (κ3) is 4.26. The Labute approximate surface area is 175 Å². The Morgan fingerprint density at radius 2 is 1.97 bits per heavy atom. The summed E-state index contributed by atoms with van der Waals surface area (Å²) in [5.41, 5.74) is 2.33. The van der Waals surface area contributed by atoms with Crippen molar-refractivity contribution in [3.05, 3.63) is 65.8 Å². The lowest BCUT2D eigenvalue weighted by atomic mass is 10.1. The molecule has 3 aromatic rings. The van der Waals surface area contributed by atoms with Crippen LogP contribution < -0.4 is 0 Å². The molecule has 1 aliphatic heterocycles. The second kappa shape index (κ2) is 8.36. The molecule has 1 saturated heterocycles. The van der Waals surface area contributed by atoms with Gasteiger partial charge in [-0.3, -0.25) is 9.78 Å². The molecule has 0 bridgehead atoms. The van der Waals surface area contributed by atoms with Crippen LogP contribution in [0.25, 0.3) is 11.4 Å². The molecule has 0 spiro atoms. The van der Waals surface area contributed by atoms with Gasteiger partial charge in [0.2, 0.25) is 11.7 Å². The van der Waals surface area contributed by atoms with Crippen molar-refractivity contribution in [3.8, 4) is 11.4 Å². The Bertz CT molecular complexity index is 993. The summed E-state index contributed by atoms with van der Waals surface area (Å²) in [5, 5.41) is 4.08. The quantitative estimate of drug-likeness (QED) is 0.595. The molecule has 7 nitrogen and oxygen atoms in total. The fraction of sp³-hybridized carbons (Fsp3) is 0.391. The van der Waals surface area contributed by atoms with Gasteiger partial charge in [0, 0.05) is 36.4 Å². The number of hydrogen-bond donors (Lipinski definition) is 0. The summed E-state index contributed by atoms with van der Waals surface area (Å²) >= 11 is 0. The molecule has 3 heterocycles. The molecule has 7 heteroatoms. The number of benzene rings is 1. The molecule has 0 N–H and O–H groups in total. The number of pyridine rings is 1. The number of amides is 1. The Hall–Kier alpha value is -3.06. The zero-order valence-corrected chi connectivity index (χ0v) is 16.7. The Kier molecular flexibility index (Phi) is 5.27. The van der Waals surface area contributed by atoms with Crippen molar-refractivity contribution in [1.29, 1.82) is 0 Å². The maximum absolute atomic E-state index is 13.3. The number of nitrogens with zero attached hydrogens (tertiary/aromatic N) is 4. The van der Waals surface area contributed by atoms with Crippen LogP contribution in [0.1, 0.15) is 53.5 Å². The predicted molar refractivity (Wildman–Crippen MR) is 110 cm³/mol. The van der Waals surface area contributed by atoms with E-state index in [-0.39, 0.29) is 12.0 Å². The normalized spacial score (nSPS) is 18.5. The molecule has 2 aliphatic rings. The zero-order valence-electron chi connectivity index (χ0n) is 16.7. The maximum atomic E-state index is 13.3. The first kappa shape index (κ1) is 18.9. The lowest BCUT2D eigenvalue weighted by Gasteiger charge is -2.25. The zero-order chi connectivity index (χ0) is 20.3. The summed E-state index contributed by atoms with van der Waals surface area (Å²) in [7, 11) is 0. The van der Waals surface area contributed by atoms with E-state index in [0.717, 1.165) is 43.5 Å². The summed E-state index contributed by atoms with van der Waals surface area (Å²) in [6.07, 6.45) is 6.08. The second-order valence-electron chi connectivity index (χ2n) is 7.95. The average Bonchev–Trinajstić information content (AvgIpc) is 3.29. The minimum Gasteiger partial charge on any atom is -0.376 e. The number of ether oxygens (including phenoxy) is 1. The highest BCUT2D eigenvalue weighted by Gasteiger charge is 2.30. The maximum Gasteiger partial charge on any atom is 0.254 e. The van der Waals surface area contributed by atoms with E-state index in [2.05, 4.69) is 15.1 Å². The van der Waals surface area contributed by atoms with Crippen molar-refractivity contribution in [3.63, 3.8) is 0 Å². The molecule has 1 unspecified atom stereocenters. The van der Waals surface area contributed by atoms with Gasteiger partial charge in [0.05, 0.1) is 18.3 Å². The Morgan fingerprint density at radius 1 is 1.10 bits per heavy atom. The second-order valence-corrected chi connectivity index (χ2v) is 7.95. The van der Waals surface area contributed by atoms with Crippen LogP contribution in [0.2, 0.25) is 0 Å². The van der Waals surface area contributed by atoms with Gasteiger partial charge in [-0.1, -0.05) is 23.4 Å². The summed E-state index contributed by atoms with van der Waals surface area (Å²) in [4.78, 5) is 24.0. The van der Waals surface area contributed by atoms with Crippen molar-refractivity contribution < 1.29 is 14.1 Å². The highest BCUT2D eigenvalue weighted by molar-refractivity contribution is 5.94. The molecule has 1 aromatic carbocycles. The van der Waals surface area contributed by atoms with Crippen LogP contribution in [0, 0.1) is 0 Å². The highest BCUT2D eigenvalue weighted by Crippen LogP contribution is 2.39. The van der Waals surface area contributed by atoms with E-state index in [0.29, 0.717) is 36.3 Å². The van der Waals surface area contributed by atoms with Crippen LogP contribution in [-0.2, 0) is 11.3 Å². The lowest BCUT2D eigenvalue weighted by molar-refractivity contribution is 0.0504. The molecule has 2 fully saturated rings. The SMILES string of the molecule is O=C(c1ccc(-c2noc(C3CC3)n2)cc1)N(Cc1ccccn1)CC1CCCO1. The Morgan fingerprint density at radius 3 is 2.67 bits per heavy atom. The molecule has 1 aliphatic carbocycles. The molecule has 1 atom stereocenters. The number of carbonyl (C=O) groups is 1. The van der Waals surface area contributed by atoms with E-state index in [1.54, 1.807) is 6.20 Å². The largest absolute Gasteiger partial charge is 0.376 e. The van der Waals surface area contributed by atoms with Gasteiger partial charge in [-0.2, -0.15) is 4.98 Å². The van der Waals surface area contributed by atoms with Gasteiger partial charge >= 0.3 is 0 Å². The first-order chi connectivity index (χ1) is 14.8.